The standard InChI is InChI=1S/C29H31ClN4O5S/c1-34(2)40(3,36)31-14-17-4-6-18(7-5-17)19-8-10-20(11-9-19)27-21(30)12-22-23(33-27)13-26(32-22)39-25-16-38-28-24(35)15-37-29(25)28/h4-12,24-25,28-29,35H,13-16H2,1-3H3/t24-,25-,28-,29-,40?/m1/s1. The van der Waals surface area contributed by atoms with Crippen LogP contribution in [0.3, 0.4) is 0 Å². The summed E-state index contributed by atoms with van der Waals surface area (Å²) in [5.74, 6) is 0.546. The fourth-order valence-corrected chi connectivity index (χ4v) is 5.86. The smallest absolute Gasteiger partial charge is 0.195 e. The molecule has 11 heteroatoms. The average molecular weight is 583 g/mol. The van der Waals surface area contributed by atoms with E-state index in [4.69, 9.17) is 30.8 Å². The Morgan fingerprint density at radius 1 is 1.05 bits per heavy atom. The summed E-state index contributed by atoms with van der Waals surface area (Å²) in [5, 5.41) is 10.5. The predicted octanol–water partition coefficient (Wildman–Crippen LogP) is 4.27. The van der Waals surface area contributed by atoms with Crippen LogP contribution < -0.4 is 0 Å². The number of fused-ring (bicyclic) bond motifs is 2. The van der Waals surface area contributed by atoms with Gasteiger partial charge in [0.1, 0.15) is 28.2 Å². The van der Waals surface area contributed by atoms with Crippen molar-refractivity contribution in [2.24, 2.45) is 9.36 Å². The van der Waals surface area contributed by atoms with Gasteiger partial charge in [0, 0.05) is 25.9 Å². The Morgan fingerprint density at radius 3 is 2.40 bits per heavy atom. The summed E-state index contributed by atoms with van der Waals surface area (Å²) < 4.78 is 35.8. The highest BCUT2D eigenvalue weighted by atomic mass is 35.5. The topological polar surface area (TPSA) is 106 Å². The molecule has 1 aromatic heterocycles. The second kappa shape index (κ2) is 10.8. The summed E-state index contributed by atoms with van der Waals surface area (Å²) in [7, 11) is 1.18. The zero-order valence-corrected chi connectivity index (χ0v) is 24.1. The molecule has 9 nitrogen and oxygen atoms in total. The first kappa shape index (κ1) is 27.3. The van der Waals surface area contributed by atoms with Crippen LogP contribution in [0.4, 0.5) is 5.69 Å². The van der Waals surface area contributed by atoms with Crippen LogP contribution in [0.1, 0.15) is 11.3 Å². The third-order valence-corrected chi connectivity index (χ3v) is 9.73. The van der Waals surface area contributed by atoms with E-state index in [1.54, 1.807) is 24.7 Å². The Balaban J connectivity index is 1.13. The van der Waals surface area contributed by atoms with E-state index < -0.39 is 16.0 Å². The third-order valence-electron chi connectivity index (χ3n) is 7.47. The van der Waals surface area contributed by atoms with Crippen LogP contribution in [0.2, 0.25) is 5.02 Å². The summed E-state index contributed by atoms with van der Waals surface area (Å²) in [5.41, 5.74) is 6.23. The van der Waals surface area contributed by atoms with Crippen LogP contribution in [-0.2, 0) is 37.1 Å². The van der Waals surface area contributed by atoms with Crippen molar-refractivity contribution in [1.82, 2.24) is 9.29 Å². The number of halogens is 1. The van der Waals surface area contributed by atoms with Gasteiger partial charge in [-0.15, -0.1) is 0 Å². The highest BCUT2D eigenvalue weighted by Crippen LogP contribution is 2.37. The number of hydrogen-bond acceptors (Lipinski definition) is 8. The molecule has 6 rings (SSSR count). The SMILES string of the molecule is CN(C)S(C)(=O)=NCc1ccc(-c2ccc(-c3nc4c(cc3Cl)N=C(O[C@@H]3CO[C@H]5[C@@H]3OC[C@H]5O)C4)cc2)cc1. The van der Waals surface area contributed by atoms with Gasteiger partial charge in [-0.2, -0.15) is 0 Å². The summed E-state index contributed by atoms with van der Waals surface area (Å²) in [4.78, 5) is 9.42. The molecule has 0 bridgehead atoms. The molecule has 0 spiro atoms. The molecule has 0 amide bonds. The summed E-state index contributed by atoms with van der Waals surface area (Å²) in [6.45, 7) is 1.00. The number of rotatable bonds is 6. The zero-order valence-electron chi connectivity index (χ0n) is 22.5. The largest absolute Gasteiger partial charge is 0.472 e. The minimum Gasteiger partial charge on any atom is -0.472 e. The van der Waals surface area contributed by atoms with E-state index in [-0.39, 0.29) is 24.9 Å². The van der Waals surface area contributed by atoms with Gasteiger partial charge in [0.05, 0.1) is 48.3 Å². The van der Waals surface area contributed by atoms with Crippen molar-refractivity contribution in [3.63, 3.8) is 0 Å². The Hall–Kier alpha value is -2.86. The molecule has 4 heterocycles. The summed E-state index contributed by atoms with van der Waals surface area (Å²) >= 11 is 6.63. The third kappa shape index (κ3) is 5.39. The lowest BCUT2D eigenvalue weighted by molar-refractivity contribution is 0.00558. The van der Waals surface area contributed by atoms with Crippen LogP contribution in [0.15, 0.2) is 64.0 Å². The first-order valence-corrected chi connectivity index (χ1v) is 15.3. The molecule has 5 atom stereocenters. The van der Waals surface area contributed by atoms with Crippen LogP contribution in [0.5, 0.6) is 0 Å². The number of hydrogen-bond donors (Lipinski definition) is 1. The number of pyridine rings is 1. The van der Waals surface area contributed by atoms with Crippen molar-refractivity contribution in [2.75, 3.05) is 33.6 Å². The summed E-state index contributed by atoms with van der Waals surface area (Å²) in [6, 6.07) is 18.0. The lowest BCUT2D eigenvalue weighted by atomic mass is 10.0. The van der Waals surface area contributed by atoms with Crippen molar-refractivity contribution in [3.05, 3.63) is 70.9 Å². The molecular weight excluding hydrogens is 552 g/mol. The second-order valence-electron chi connectivity index (χ2n) is 10.4. The van der Waals surface area contributed by atoms with Crippen molar-refractivity contribution >= 4 is 33.1 Å². The zero-order chi connectivity index (χ0) is 28.0. The van der Waals surface area contributed by atoms with Crippen LogP contribution in [0.25, 0.3) is 22.4 Å². The quantitative estimate of drug-likeness (QED) is 0.465. The molecule has 0 saturated carbocycles. The molecule has 2 fully saturated rings. The van der Waals surface area contributed by atoms with Crippen molar-refractivity contribution in [1.29, 1.82) is 0 Å². The van der Waals surface area contributed by atoms with Crippen LogP contribution in [-0.4, -0.2) is 82.5 Å². The number of benzene rings is 2. The normalized spacial score (nSPS) is 24.9. The lowest BCUT2D eigenvalue weighted by Crippen LogP contribution is -2.34. The number of aliphatic hydroxyl groups is 1. The first-order valence-electron chi connectivity index (χ1n) is 13.1. The van der Waals surface area contributed by atoms with E-state index in [1.807, 2.05) is 54.6 Å². The molecule has 1 unspecified atom stereocenters. The number of aliphatic imine (C=N–C) groups is 1. The maximum absolute atomic E-state index is 12.4. The molecular formula is C29H31ClN4O5S. The van der Waals surface area contributed by atoms with Gasteiger partial charge in [-0.3, -0.25) is 0 Å². The minimum absolute atomic E-state index is 0.253. The van der Waals surface area contributed by atoms with Gasteiger partial charge in [-0.05, 0) is 22.8 Å². The first-order chi connectivity index (χ1) is 19.2. The van der Waals surface area contributed by atoms with Gasteiger partial charge >= 0.3 is 0 Å². The molecule has 3 aliphatic rings. The van der Waals surface area contributed by atoms with Gasteiger partial charge in [-0.1, -0.05) is 60.1 Å². The van der Waals surface area contributed by atoms with Crippen molar-refractivity contribution in [2.45, 2.75) is 37.4 Å². The summed E-state index contributed by atoms with van der Waals surface area (Å²) in [6.07, 6.45) is 0.510. The number of nitrogens with zero attached hydrogens (tertiary/aromatic N) is 4. The Bertz CT molecular complexity index is 1570. The van der Waals surface area contributed by atoms with Gasteiger partial charge in [0.25, 0.3) is 0 Å². The Labute approximate surface area is 239 Å². The maximum atomic E-state index is 12.4. The number of ether oxygens (including phenoxy) is 3. The van der Waals surface area contributed by atoms with E-state index in [0.717, 1.165) is 27.9 Å². The van der Waals surface area contributed by atoms with Gasteiger partial charge in [0.15, 0.2) is 12.0 Å². The molecule has 3 aliphatic heterocycles. The van der Waals surface area contributed by atoms with E-state index in [2.05, 4.69) is 9.36 Å². The fourth-order valence-electron chi connectivity index (χ4n) is 4.98. The Kier molecular flexibility index (Phi) is 7.41. The number of aromatic nitrogens is 1. The van der Waals surface area contributed by atoms with Crippen molar-refractivity contribution in [3.8, 4) is 22.4 Å². The Morgan fingerprint density at radius 2 is 1.70 bits per heavy atom. The maximum Gasteiger partial charge on any atom is 0.195 e. The van der Waals surface area contributed by atoms with Gasteiger partial charge < -0.3 is 19.3 Å². The van der Waals surface area contributed by atoms with Gasteiger partial charge in [-0.25, -0.2) is 22.9 Å². The van der Waals surface area contributed by atoms with E-state index in [0.29, 0.717) is 41.9 Å². The van der Waals surface area contributed by atoms with Crippen molar-refractivity contribution < 1.29 is 23.5 Å². The van der Waals surface area contributed by atoms with Crippen LogP contribution >= 0.6 is 11.6 Å². The molecule has 0 radical (unpaired) electrons. The second-order valence-corrected chi connectivity index (χ2v) is 13.3. The molecule has 3 aromatic rings. The van der Waals surface area contributed by atoms with Gasteiger partial charge in [0.2, 0.25) is 0 Å². The van der Waals surface area contributed by atoms with E-state index >= 15 is 0 Å². The molecule has 1 N–H and O–H groups in total. The minimum atomic E-state index is -2.35. The fraction of sp³-hybridized carbons (Fsp3) is 0.379. The molecule has 40 heavy (non-hydrogen) atoms. The molecule has 2 saturated heterocycles. The number of aliphatic hydroxyl groups excluding tert-OH is 1. The molecule has 0 aliphatic carbocycles. The highest BCUT2D eigenvalue weighted by Gasteiger charge is 2.49. The predicted molar refractivity (Wildman–Crippen MR) is 155 cm³/mol. The average Bonchev–Trinajstić information content (AvgIpc) is 3.64. The highest BCUT2D eigenvalue weighted by molar-refractivity contribution is 7.90. The van der Waals surface area contributed by atoms with Crippen LogP contribution in [0, 0.1) is 0 Å². The monoisotopic (exact) mass is 582 g/mol. The van der Waals surface area contributed by atoms with E-state index in [1.165, 1.54) is 0 Å². The van der Waals surface area contributed by atoms with E-state index in [9.17, 15) is 9.32 Å². The molecule has 210 valence electrons. The molecule has 2 aromatic carbocycles. The lowest BCUT2D eigenvalue weighted by Gasteiger charge is -2.17.